The van der Waals surface area contributed by atoms with Gasteiger partial charge in [-0.3, -0.25) is 0 Å². The number of nitrogens with zero attached hydrogens (tertiary/aromatic N) is 2. The van der Waals surface area contributed by atoms with Crippen LogP contribution in [-0.4, -0.2) is 30.0 Å². The van der Waals surface area contributed by atoms with Gasteiger partial charge in [0.1, 0.15) is 0 Å². The topological polar surface area (TPSA) is 62.6 Å². The summed E-state index contributed by atoms with van der Waals surface area (Å²) in [5.74, 6) is -11.0. The first kappa shape index (κ1) is 26.3. The molecule has 0 saturated heterocycles. The highest BCUT2D eigenvalue weighted by Gasteiger charge is 2.32. The zero-order valence-electron chi connectivity index (χ0n) is 19.6. The van der Waals surface area contributed by atoms with Crippen molar-refractivity contribution >= 4 is 17.7 Å². The van der Waals surface area contributed by atoms with E-state index in [2.05, 4.69) is 5.10 Å². The minimum atomic E-state index is -2.27. The fourth-order valence-electron chi connectivity index (χ4n) is 3.04. The minimum absolute atomic E-state index is 0.0501. The third-order valence-electron chi connectivity index (χ3n) is 4.78. The molecule has 12 heteroatoms. The number of rotatable bonds is 6. The molecule has 0 unspecified atom stereocenters. The van der Waals surface area contributed by atoms with Crippen molar-refractivity contribution in [1.29, 1.82) is 0 Å². The maximum absolute atomic E-state index is 14.4. The van der Waals surface area contributed by atoms with Crippen LogP contribution in [0.1, 0.15) is 36.8 Å². The van der Waals surface area contributed by atoms with E-state index in [0.29, 0.717) is 5.75 Å². The molecule has 3 rings (SSSR count). The second-order valence-electron chi connectivity index (χ2n) is 8.26. The maximum Gasteiger partial charge on any atom is 0.345 e. The summed E-state index contributed by atoms with van der Waals surface area (Å²) in [6.07, 6.45) is 0. The van der Waals surface area contributed by atoms with E-state index in [1.807, 2.05) is 0 Å². The van der Waals surface area contributed by atoms with E-state index >= 15 is 0 Å². The summed E-state index contributed by atoms with van der Waals surface area (Å²) < 4.78 is 86.9. The standard InChI is InChI=1S/C23H21F5N2O4S/c1-10-19(35-20-17(27)15(25)14(24)16(26)18(20)28)21(30(29-10)23(2,3)4)34-22(31)11-7-8-12(32-5)13(9-11)33-6/h7-9H,1-6H3. The summed E-state index contributed by atoms with van der Waals surface area (Å²) in [5.41, 5.74) is -0.592. The number of benzene rings is 2. The smallest absolute Gasteiger partial charge is 0.345 e. The molecule has 6 nitrogen and oxygen atoms in total. The molecule has 3 aromatic rings. The van der Waals surface area contributed by atoms with Crippen molar-refractivity contribution in [3.8, 4) is 17.4 Å². The second kappa shape index (κ2) is 9.76. The van der Waals surface area contributed by atoms with Crippen LogP contribution in [0.3, 0.4) is 0 Å². The molecule has 0 spiro atoms. The molecule has 0 radical (unpaired) electrons. The lowest BCUT2D eigenvalue weighted by Crippen LogP contribution is -2.25. The summed E-state index contributed by atoms with van der Waals surface area (Å²) >= 11 is 0.217. The van der Waals surface area contributed by atoms with E-state index in [4.69, 9.17) is 14.2 Å². The van der Waals surface area contributed by atoms with Gasteiger partial charge < -0.3 is 14.2 Å². The van der Waals surface area contributed by atoms with Crippen LogP contribution in [0.15, 0.2) is 28.0 Å². The highest BCUT2D eigenvalue weighted by Crippen LogP contribution is 2.43. The van der Waals surface area contributed by atoms with E-state index in [-0.39, 0.29) is 39.5 Å². The predicted molar refractivity (Wildman–Crippen MR) is 117 cm³/mol. The average Bonchev–Trinajstić information content (AvgIpc) is 3.13. The van der Waals surface area contributed by atoms with Crippen LogP contribution in [-0.2, 0) is 5.54 Å². The molecule has 0 fully saturated rings. The number of hydrogen-bond donors (Lipinski definition) is 0. The highest BCUT2D eigenvalue weighted by molar-refractivity contribution is 7.99. The van der Waals surface area contributed by atoms with Crippen LogP contribution in [0.5, 0.6) is 17.4 Å². The minimum Gasteiger partial charge on any atom is -0.493 e. The Morgan fingerprint density at radius 1 is 0.886 bits per heavy atom. The van der Waals surface area contributed by atoms with E-state index in [1.54, 1.807) is 20.8 Å². The Morgan fingerprint density at radius 3 is 1.94 bits per heavy atom. The van der Waals surface area contributed by atoms with Gasteiger partial charge in [0.15, 0.2) is 34.8 Å². The van der Waals surface area contributed by atoms with Gasteiger partial charge in [-0.1, -0.05) is 11.8 Å². The zero-order chi connectivity index (χ0) is 26.2. The Balaban J connectivity index is 2.12. The van der Waals surface area contributed by atoms with Crippen molar-refractivity contribution < 1.29 is 41.0 Å². The fraction of sp³-hybridized carbons (Fsp3) is 0.304. The summed E-state index contributed by atoms with van der Waals surface area (Å²) in [6, 6.07) is 4.25. The van der Waals surface area contributed by atoms with E-state index < -0.39 is 45.5 Å². The van der Waals surface area contributed by atoms with Crippen molar-refractivity contribution in [2.75, 3.05) is 14.2 Å². The molecule has 35 heavy (non-hydrogen) atoms. The van der Waals surface area contributed by atoms with Gasteiger partial charge in [-0.05, 0) is 45.9 Å². The third kappa shape index (κ3) is 4.93. The molecule has 2 aromatic carbocycles. The number of carbonyl (C=O) groups excluding carboxylic acids is 1. The van der Waals surface area contributed by atoms with Crippen molar-refractivity contribution in [2.24, 2.45) is 0 Å². The largest absolute Gasteiger partial charge is 0.493 e. The Bertz CT molecular complexity index is 1280. The fourth-order valence-corrected chi connectivity index (χ4v) is 4.01. The van der Waals surface area contributed by atoms with Gasteiger partial charge in [0, 0.05) is 0 Å². The first-order valence-corrected chi connectivity index (χ1v) is 10.9. The Morgan fingerprint density at radius 2 is 1.43 bits per heavy atom. The van der Waals surface area contributed by atoms with Crippen molar-refractivity contribution in [3.63, 3.8) is 0 Å². The average molecular weight is 516 g/mol. The molecule has 0 aliphatic carbocycles. The molecule has 0 N–H and O–H groups in total. The Labute approximate surface area is 202 Å². The molecule has 0 amide bonds. The molecule has 0 aliphatic heterocycles. The lowest BCUT2D eigenvalue weighted by Gasteiger charge is -2.22. The highest BCUT2D eigenvalue weighted by atomic mass is 32.2. The van der Waals surface area contributed by atoms with E-state index in [1.165, 1.54) is 44.0 Å². The maximum atomic E-state index is 14.4. The van der Waals surface area contributed by atoms with Crippen LogP contribution in [0.25, 0.3) is 0 Å². The second-order valence-corrected chi connectivity index (χ2v) is 9.28. The van der Waals surface area contributed by atoms with Crippen LogP contribution >= 0.6 is 11.8 Å². The third-order valence-corrected chi connectivity index (χ3v) is 6.02. The molecule has 0 aliphatic rings. The first-order chi connectivity index (χ1) is 16.3. The molecule has 0 bridgehead atoms. The molecule has 0 saturated carbocycles. The van der Waals surface area contributed by atoms with E-state index in [0.717, 1.165) is 0 Å². The number of aryl methyl sites for hydroxylation is 1. The van der Waals surface area contributed by atoms with Crippen LogP contribution < -0.4 is 14.2 Å². The predicted octanol–water partition coefficient (Wildman–Crippen LogP) is 6.03. The number of methoxy groups -OCH3 is 2. The number of hydrogen-bond acceptors (Lipinski definition) is 6. The number of esters is 1. The van der Waals surface area contributed by atoms with Crippen LogP contribution in [0.4, 0.5) is 22.0 Å². The van der Waals surface area contributed by atoms with Gasteiger partial charge in [0.25, 0.3) is 0 Å². The molecule has 1 heterocycles. The van der Waals surface area contributed by atoms with Gasteiger partial charge in [0.05, 0.1) is 40.8 Å². The summed E-state index contributed by atoms with van der Waals surface area (Å²) in [4.78, 5) is 11.7. The number of aromatic nitrogens is 2. The van der Waals surface area contributed by atoms with Gasteiger partial charge in [-0.2, -0.15) is 5.10 Å². The SMILES string of the molecule is COc1ccc(C(=O)Oc2c(Sc3c(F)c(F)c(F)c(F)c3F)c(C)nn2C(C)(C)C)cc1OC. The molecule has 1 aromatic heterocycles. The first-order valence-electron chi connectivity index (χ1n) is 10.0. The lowest BCUT2D eigenvalue weighted by atomic mass is 10.1. The Kier molecular flexibility index (Phi) is 7.34. The van der Waals surface area contributed by atoms with Gasteiger partial charge in [-0.25, -0.2) is 31.4 Å². The Hall–Kier alpha value is -3.28. The quantitative estimate of drug-likeness (QED) is 0.173. The number of ether oxygens (including phenoxy) is 3. The van der Waals surface area contributed by atoms with Crippen LogP contribution in [0, 0.1) is 36.0 Å². The van der Waals surface area contributed by atoms with Crippen molar-refractivity contribution in [1.82, 2.24) is 9.78 Å². The lowest BCUT2D eigenvalue weighted by molar-refractivity contribution is 0.0703. The summed E-state index contributed by atoms with van der Waals surface area (Å²) in [7, 11) is 2.80. The van der Waals surface area contributed by atoms with Gasteiger partial charge in [-0.15, -0.1) is 0 Å². The number of carbonyl (C=O) groups is 1. The van der Waals surface area contributed by atoms with Gasteiger partial charge >= 0.3 is 5.97 Å². The normalized spacial score (nSPS) is 11.5. The molecular formula is C23H21F5N2O4S. The van der Waals surface area contributed by atoms with Crippen LogP contribution in [0.2, 0.25) is 0 Å². The monoisotopic (exact) mass is 516 g/mol. The zero-order valence-corrected chi connectivity index (χ0v) is 20.4. The van der Waals surface area contributed by atoms with Crippen molar-refractivity contribution in [3.05, 3.63) is 58.5 Å². The molecular weight excluding hydrogens is 495 g/mol. The summed E-state index contributed by atoms with van der Waals surface area (Å²) in [5, 5.41) is 4.28. The van der Waals surface area contributed by atoms with E-state index in [9.17, 15) is 26.7 Å². The van der Waals surface area contributed by atoms with Crippen molar-refractivity contribution in [2.45, 2.75) is 43.0 Å². The molecule has 0 atom stereocenters. The molecule has 188 valence electrons. The number of halogens is 5. The van der Waals surface area contributed by atoms with Gasteiger partial charge in [0.2, 0.25) is 11.7 Å². The summed E-state index contributed by atoms with van der Waals surface area (Å²) in [6.45, 7) is 6.62.